The molecule has 0 radical (unpaired) electrons. The predicted octanol–water partition coefficient (Wildman–Crippen LogP) is 2.80. The Hall–Kier alpha value is -1.63. The lowest BCUT2D eigenvalue weighted by Gasteiger charge is -2.38. The van der Waals surface area contributed by atoms with Gasteiger partial charge in [0.2, 0.25) is 0 Å². The molecule has 1 spiro atoms. The number of piperidine rings is 1. The molecular formula is C17H22Cl2N4O2. The summed E-state index contributed by atoms with van der Waals surface area (Å²) in [5.41, 5.74) is 1.61. The molecule has 4 rings (SSSR count). The van der Waals surface area contributed by atoms with Crippen molar-refractivity contribution in [3.63, 3.8) is 0 Å². The van der Waals surface area contributed by atoms with Gasteiger partial charge >= 0.3 is 0 Å². The normalized spacial score (nSPS) is 18.5. The molecule has 2 fully saturated rings. The molecule has 0 saturated carbocycles. The summed E-state index contributed by atoms with van der Waals surface area (Å²) in [6, 6.07) is 5.43. The zero-order valence-electron chi connectivity index (χ0n) is 13.8. The largest absolute Gasteiger partial charge is 0.355 e. The molecule has 136 valence electrons. The minimum absolute atomic E-state index is 0. The first-order chi connectivity index (χ1) is 11.3. The third kappa shape index (κ3) is 3.97. The van der Waals surface area contributed by atoms with E-state index in [0.29, 0.717) is 16.9 Å². The molecule has 2 aliphatic rings. The van der Waals surface area contributed by atoms with Crippen LogP contribution in [0.1, 0.15) is 29.8 Å². The SMILES string of the molecule is Cl.Cl.O=C(c1cc(-c2cccnc2)on1)N1CCC2(CCNC2)CC1. The standard InChI is InChI=1S/C17H20N4O2.2ClH/c22-16(21-8-4-17(5-9-21)3-7-19-12-17)14-10-15(23-20-14)13-2-1-6-18-11-13;;/h1-2,6,10-11,19H,3-5,7-9,12H2;2*1H. The molecular weight excluding hydrogens is 363 g/mol. The molecule has 4 heterocycles. The molecule has 0 aromatic carbocycles. The average Bonchev–Trinajstić information content (AvgIpc) is 3.26. The number of likely N-dealkylation sites (tertiary alicyclic amines) is 1. The Kier molecular flexibility index (Phi) is 6.43. The van der Waals surface area contributed by atoms with Crippen molar-refractivity contribution in [1.29, 1.82) is 0 Å². The molecule has 0 aliphatic carbocycles. The fourth-order valence-electron chi connectivity index (χ4n) is 3.59. The van der Waals surface area contributed by atoms with Gasteiger partial charge in [-0.05, 0) is 43.4 Å². The smallest absolute Gasteiger partial charge is 0.276 e. The minimum atomic E-state index is -0.0373. The lowest BCUT2D eigenvalue weighted by Crippen LogP contribution is -2.44. The van der Waals surface area contributed by atoms with E-state index in [9.17, 15) is 4.79 Å². The van der Waals surface area contributed by atoms with Gasteiger partial charge in [-0.2, -0.15) is 0 Å². The van der Waals surface area contributed by atoms with E-state index in [0.717, 1.165) is 44.6 Å². The summed E-state index contributed by atoms with van der Waals surface area (Å²) < 4.78 is 5.31. The van der Waals surface area contributed by atoms with Crippen LogP contribution in [0.2, 0.25) is 0 Å². The highest BCUT2D eigenvalue weighted by molar-refractivity contribution is 5.93. The summed E-state index contributed by atoms with van der Waals surface area (Å²) in [5, 5.41) is 7.39. The number of halogens is 2. The lowest BCUT2D eigenvalue weighted by atomic mass is 9.78. The van der Waals surface area contributed by atoms with Gasteiger partial charge in [0.1, 0.15) is 0 Å². The second kappa shape index (κ2) is 8.17. The molecule has 6 nitrogen and oxygen atoms in total. The van der Waals surface area contributed by atoms with Crippen LogP contribution in [0, 0.1) is 5.41 Å². The third-order valence-corrected chi connectivity index (χ3v) is 5.12. The Morgan fingerprint density at radius 3 is 2.68 bits per heavy atom. The second-order valence-electron chi connectivity index (χ2n) is 6.54. The van der Waals surface area contributed by atoms with Crippen molar-refractivity contribution < 1.29 is 9.32 Å². The van der Waals surface area contributed by atoms with Crippen LogP contribution in [0.25, 0.3) is 11.3 Å². The maximum absolute atomic E-state index is 12.6. The number of hydrogen-bond donors (Lipinski definition) is 1. The number of pyridine rings is 1. The summed E-state index contributed by atoms with van der Waals surface area (Å²) in [6.07, 6.45) is 6.77. The Morgan fingerprint density at radius 1 is 1.24 bits per heavy atom. The summed E-state index contributed by atoms with van der Waals surface area (Å²) >= 11 is 0. The fraction of sp³-hybridized carbons (Fsp3) is 0.471. The molecule has 2 aliphatic heterocycles. The van der Waals surface area contributed by atoms with E-state index in [2.05, 4.69) is 15.5 Å². The Morgan fingerprint density at radius 2 is 2.04 bits per heavy atom. The summed E-state index contributed by atoms with van der Waals surface area (Å²) in [7, 11) is 0. The van der Waals surface area contributed by atoms with E-state index >= 15 is 0 Å². The summed E-state index contributed by atoms with van der Waals surface area (Å²) in [6.45, 7) is 3.79. The summed E-state index contributed by atoms with van der Waals surface area (Å²) in [4.78, 5) is 18.6. The number of amides is 1. The highest BCUT2D eigenvalue weighted by atomic mass is 35.5. The van der Waals surface area contributed by atoms with Crippen LogP contribution < -0.4 is 5.32 Å². The van der Waals surface area contributed by atoms with E-state index in [-0.39, 0.29) is 30.7 Å². The van der Waals surface area contributed by atoms with Crippen molar-refractivity contribution in [1.82, 2.24) is 20.4 Å². The maximum Gasteiger partial charge on any atom is 0.276 e. The van der Waals surface area contributed by atoms with Crippen molar-refractivity contribution in [2.24, 2.45) is 5.41 Å². The van der Waals surface area contributed by atoms with Crippen molar-refractivity contribution >= 4 is 30.7 Å². The molecule has 1 amide bonds. The molecule has 2 aromatic rings. The van der Waals surface area contributed by atoms with Crippen LogP contribution >= 0.6 is 24.8 Å². The number of carbonyl (C=O) groups is 1. The summed E-state index contributed by atoms with van der Waals surface area (Å²) in [5.74, 6) is 0.541. The van der Waals surface area contributed by atoms with Crippen LogP contribution in [0.5, 0.6) is 0 Å². The van der Waals surface area contributed by atoms with Crippen LogP contribution in [-0.4, -0.2) is 47.1 Å². The van der Waals surface area contributed by atoms with Gasteiger partial charge in [0.15, 0.2) is 11.5 Å². The Bertz CT molecular complexity index is 692. The van der Waals surface area contributed by atoms with Crippen LogP contribution in [0.15, 0.2) is 35.1 Å². The van der Waals surface area contributed by atoms with Gasteiger partial charge in [0.05, 0.1) is 0 Å². The number of aromatic nitrogens is 2. The minimum Gasteiger partial charge on any atom is -0.355 e. The molecule has 0 bridgehead atoms. The molecule has 0 unspecified atom stereocenters. The van der Waals surface area contributed by atoms with Crippen LogP contribution in [0.3, 0.4) is 0 Å². The topological polar surface area (TPSA) is 71.3 Å². The molecule has 2 saturated heterocycles. The van der Waals surface area contributed by atoms with Gasteiger partial charge in [0, 0.05) is 43.7 Å². The number of carbonyl (C=O) groups excluding carboxylic acids is 1. The van der Waals surface area contributed by atoms with E-state index in [1.165, 1.54) is 6.42 Å². The number of hydrogen-bond acceptors (Lipinski definition) is 5. The first-order valence-corrected chi connectivity index (χ1v) is 8.13. The van der Waals surface area contributed by atoms with Gasteiger partial charge < -0.3 is 14.7 Å². The van der Waals surface area contributed by atoms with Crippen molar-refractivity contribution in [3.8, 4) is 11.3 Å². The van der Waals surface area contributed by atoms with E-state index in [4.69, 9.17) is 4.52 Å². The van der Waals surface area contributed by atoms with Gasteiger partial charge in [-0.15, -0.1) is 24.8 Å². The van der Waals surface area contributed by atoms with Crippen LogP contribution in [-0.2, 0) is 0 Å². The highest BCUT2D eigenvalue weighted by Gasteiger charge is 2.38. The zero-order chi connectivity index (χ0) is 15.7. The van der Waals surface area contributed by atoms with E-state index in [1.807, 2.05) is 17.0 Å². The lowest BCUT2D eigenvalue weighted by molar-refractivity contribution is 0.0598. The van der Waals surface area contributed by atoms with Crippen LogP contribution in [0.4, 0.5) is 0 Å². The van der Waals surface area contributed by atoms with Gasteiger partial charge in [0.25, 0.3) is 5.91 Å². The third-order valence-electron chi connectivity index (χ3n) is 5.12. The van der Waals surface area contributed by atoms with E-state index in [1.54, 1.807) is 18.5 Å². The highest BCUT2D eigenvalue weighted by Crippen LogP contribution is 2.37. The monoisotopic (exact) mass is 384 g/mol. The van der Waals surface area contributed by atoms with E-state index < -0.39 is 0 Å². The first kappa shape index (κ1) is 19.7. The van der Waals surface area contributed by atoms with Crippen molar-refractivity contribution in [2.75, 3.05) is 26.2 Å². The van der Waals surface area contributed by atoms with Gasteiger partial charge in [-0.1, -0.05) is 5.16 Å². The fourth-order valence-corrected chi connectivity index (χ4v) is 3.59. The Balaban J connectivity index is 0.00000113. The number of nitrogens with zero attached hydrogens (tertiary/aromatic N) is 3. The quantitative estimate of drug-likeness (QED) is 0.861. The molecule has 8 heteroatoms. The first-order valence-electron chi connectivity index (χ1n) is 8.13. The second-order valence-corrected chi connectivity index (χ2v) is 6.54. The zero-order valence-corrected chi connectivity index (χ0v) is 15.4. The molecule has 0 atom stereocenters. The molecule has 1 N–H and O–H groups in total. The number of nitrogens with one attached hydrogen (secondary N) is 1. The van der Waals surface area contributed by atoms with Crippen molar-refractivity contribution in [2.45, 2.75) is 19.3 Å². The maximum atomic E-state index is 12.6. The number of rotatable bonds is 2. The molecule has 2 aromatic heterocycles. The van der Waals surface area contributed by atoms with Gasteiger partial charge in [-0.25, -0.2) is 0 Å². The van der Waals surface area contributed by atoms with Gasteiger partial charge in [-0.3, -0.25) is 9.78 Å². The molecule has 25 heavy (non-hydrogen) atoms. The van der Waals surface area contributed by atoms with Crippen molar-refractivity contribution in [3.05, 3.63) is 36.3 Å². The average molecular weight is 385 g/mol. The predicted molar refractivity (Wildman–Crippen MR) is 99.3 cm³/mol. The Labute approximate surface area is 159 Å².